The van der Waals surface area contributed by atoms with Gasteiger partial charge in [0.1, 0.15) is 16.4 Å². The maximum atomic E-state index is 10.8. The molecule has 6 nitrogen and oxygen atoms in total. The van der Waals surface area contributed by atoms with Crippen LogP contribution in [0.1, 0.15) is 10.4 Å². The maximum absolute atomic E-state index is 10.8. The van der Waals surface area contributed by atoms with Gasteiger partial charge >= 0.3 is 5.97 Å². The van der Waals surface area contributed by atoms with Crippen molar-refractivity contribution in [2.45, 2.75) is 0 Å². The number of rotatable bonds is 1. The van der Waals surface area contributed by atoms with Crippen LogP contribution in [0.5, 0.6) is 5.88 Å². The average molecular weight is 258 g/mol. The number of halogens is 1. The largest absolute Gasteiger partial charge is 0.492 e. The Morgan fingerprint density at radius 2 is 2.29 bits per heavy atom. The van der Waals surface area contributed by atoms with Crippen molar-refractivity contribution in [1.29, 1.82) is 0 Å². The van der Waals surface area contributed by atoms with Gasteiger partial charge in [-0.05, 0) is 22.0 Å². The fourth-order valence-electron chi connectivity index (χ4n) is 1.15. The van der Waals surface area contributed by atoms with Gasteiger partial charge in [-0.2, -0.15) is 10.1 Å². The molecule has 0 bridgehead atoms. The summed E-state index contributed by atoms with van der Waals surface area (Å²) in [6.45, 7) is 0. The first-order chi connectivity index (χ1) is 6.61. The molecule has 0 aliphatic rings. The summed E-state index contributed by atoms with van der Waals surface area (Å²) in [5, 5.41) is 22.0. The average Bonchev–Trinajstić information content (AvgIpc) is 2.46. The number of carbonyl (C=O) groups is 1. The smallest absolute Gasteiger partial charge is 0.338 e. The molecule has 0 radical (unpaired) electrons. The van der Waals surface area contributed by atoms with Crippen LogP contribution in [-0.2, 0) is 0 Å². The van der Waals surface area contributed by atoms with Gasteiger partial charge in [-0.1, -0.05) is 0 Å². The minimum absolute atomic E-state index is 0.0463. The van der Waals surface area contributed by atoms with Crippen molar-refractivity contribution in [3.8, 4) is 5.88 Å². The zero-order valence-corrected chi connectivity index (χ0v) is 8.26. The Morgan fingerprint density at radius 1 is 1.57 bits per heavy atom. The first kappa shape index (κ1) is 8.95. The predicted molar refractivity (Wildman–Crippen MR) is 49.3 cm³/mol. The molecule has 2 aromatic rings. The monoisotopic (exact) mass is 257 g/mol. The molecule has 0 atom stereocenters. The van der Waals surface area contributed by atoms with E-state index in [1.807, 2.05) is 0 Å². The lowest BCUT2D eigenvalue weighted by molar-refractivity contribution is 0.0698. The molecule has 72 valence electrons. The van der Waals surface area contributed by atoms with E-state index in [1.165, 1.54) is 10.6 Å². The van der Waals surface area contributed by atoms with E-state index < -0.39 is 5.97 Å². The SMILES string of the molecule is O=C(O)c1cc(Br)n2ncnc(O)c12. The second-order valence-electron chi connectivity index (χ2n) is 2.53. The lowest BCUT2D eigenvalue weighted by Gasteiger charge is -1.96. The minimum Gasteiger partial charge on any atom is -0.492 e. The number of nitrogens with zero attached hydrogens (tertiary/aromatic N) is 3. The predicted octanol–water partition coefficient (Wildman–Crippen LogP) is 0.896. The summed E-state index contributed by atoms with van der Waals surface area (Å²) >= 11 is 3.12. The highest BCUT2D eigenvalue weighted by Crippen LogP contribution is 2.25. The second kappa shape index (κ2) is 2.95. The third kappa shape index (κ3) is 1.13. The van der Waals surface area contributed by atoms with Gasteiger partial charge in [-0.3, -0.25) is 0 Å². The van der Waals surface area contributed by atoms with Crippen molar-refractivity contribution in [2.75, 3.05) is 0 Å². The summed E-state index contributed by atoms with van der Waals surface area (Å²) in [4.78, 5) is 14.3. The number of hydrogen-bond acceptors (Lipinski definition) is 4. The highest BCUT2D eigenvalue weighted by Gasteiger charge is 2.17. The summed E-state index contributed by atoms with van der Waals surface area (Å²) in [7, 11) is 0. The number of carboxylic acids is 1. The highest BCUT2D eigenvalue weighted by atomic mass is 79.9. The number of aromatic hydroxyl groups is 1. The van der Waals surface area contributed by atoms with E-state index in [0.717, 1.165) is 6.33 Å². The lowest BCUT2D eigenvalue weighted by atomic mass is 10.3. The number of fused-ring (bicyclic) bond motifs is 1. The van der Waals surface area contributed by atoms with Gasteiger partial charge in [0.05, 0.1) is 5.56 Å². The fourth-order valence-corrected chi connectivity index (χ4v) is 1.65. The number of aromatic carboxylic acids is 1. The Kier molecular flexibility index (Phi) is 1.88. The molecule has 7 heteroatoms. The minimum atomic E-state index is -1.14. The third-order valence-electron chi connectivity index (χ3n) is 1.72. The van der Waals surface area contributed by atoms with Crippen LogP contribution in [0.3, 0.4) is 0 Å². The molecule has 2 heterocycles. The van der Waals surface area contributed by atoms with Crippen molar-refractivity contribution in [2.24, 2.45) is 0 Å². The second-order valence-corrected chi connectivity index (χ2v) is 3.34. The van der Waals surface area contributed by atoms with Crippen LogP contribution in [0.4, 0.5) is 0 Å². The molecule has 0 amide bonds. The topological polar surface area (TPSA) is 87.7 Å². The Balaban J connectivity index is 2.93. The number of carboxylic acid groups (broad SMARTS) is 1. The zero-order valence-electron chi connectivity index (χ0n) is 6.68. The van der Waals surface area contributed by atoms with Crippen molar-refractivity contribution >= 4 is 27.4 Å². The molecule has 0 spiro atoms. The van der Waals surface area contributed by atoms with E-state index in [-0.39, 0.29) is 17.0 Å². The molecule has 0 unspecified atom stereocenters. The van der Waals surface area contributed by atoms with Crippen LogP contribution >= 0.6 is 15.9 Å². The molecule has 0 aromatic carbocycles. The third-order valence-corrected chi connectivity index (χ3v) is 2.29. The Hall–Kier alpha value is -1.63. The van der Waals surface area contributed by atoms with E-state index in [4.69, 9.17) is 5.11 Å². The summed E-state index contributed by atoms with van der Waals surface area (Å²) in [5.74, 6) is -1.50. The van der Waals surface area contributed by atoms with E-state index in [1.54, 1.807) is 0 Å². The van der Waals surface area contributed by atoms with E-state index in [0.29, 0.717) is 4.60 Å². The summed E-state index contributed by atoms with van der Waals surface area (Å²) in [5.41, 5.74) is 0.0295. The van der Waals surface area contributed by atoms with Crippen LogP contribution in [0.15, 0.2) is 17.0 Å². The van der Waals surface area contributed by atoms with Gasteiger partial charge in [0.25, 0.3) is 0 Å². The van der Waals surface area contributed by atoms with Gasteiger partial charge in [-0.25, -0.2) is 9.31 Å². The molecular formula is C7H4BrN3O3. The fraction of sp³-hybridized carbons (Fsp3) is 0. The molecule has 0 saturated carbocycles. The summed E-state index contributed by atoms with van der Waals surface area (Å²) in [6, 6.07) is 1.35. The van der Waals surface area contributed by atoms with Gasteiger partial charge in [0.15, 0.2) is 0 Å². The molecule has 0 aliphatic carbocycles. The van der Waals surface area contributed by atoms with Crippen LogP contribution in [0, 0.1) is 0 Å². The molecule has 2 N–H and O–H groups in total. The number of hydrogen-bond donors (Lipinski definition) is 2. The van der Waals surface area contributed by atoms with Crippen LogP contribution < -0.4 is 0 Å². The molecule has 2 aromatic heterocycles. The van der Waals surface area contributed by atoms with Crippen LogP contribution in [-0.4, -0.2) is 30.8 Å². The first-order valence-corrected chi connectivity index (χ1v) is 4.35. The first-order valence-electron chi connectivity index (χ1n) is 3.55. The van der Waals surface area contributed by atoms with E-state index in [2.05, 4.69) is 26.0 Å². The highest BCUT2D eigenvalue weighted by molar-refractivity contribution is 9.10. The quantitative estimate of drug-likeness (QED) is 0.793. The van der Waals surface area contributed by atoms with Crippen molar-refractivity contribution in [1.82, 2.24) is 14.6 Å². The summed E-state index contributed by atoms with van der Waals surface area (Å²) < 4.78 is 1.70. The summed E-state index contributed by atoms with van der Waals surface area (Å²) in [6.07, 6.45) is 1.14. The van der Waals surface area contributed by atoms with Crippen molar-refractivity contribution in [3.05, 3.63) is 22.6 Å². The zero-order chi connectivity index (χ0) is 10.3. The normalized spacial score (nSPS) is 10.6. The van der Waals surface area contributed by atoms with Gasteiger partial charge in [0, 0.05) is 0 Å². The van der Waals surface area contributed by atoms with Crippen LogP contribution in [0.2, 0.25) is 0 Å². The Bertz CT molecular complexity index is 522. The standard InChI is InChI=1S/C7H4BrN3O3/c8-4-1-3(7(13)14)5-6(12)9-2-10-11(4)5/h1-2H,(H,13,14)(H,9,10,12). The van der Waals surface area contributed by atoms with Crippen molar-refractivity contribution < 1.29 is 15.0 Å². The van der Waals surface area contributed by atoms with Gasteiger partial charge in [0.2, 0.25) is 5.88 Å². The van der Waals surface area contributed by atoms with E-state index >= 15 is 0 Å². The Morgan fingerprint density at radius 3 is 2.93 bits per heavy atom. The molecular weight excluding hydrogens is 254 g/mol. The molecule has 0 saturated heterocycles. The molecule has 0 aliphatic heterocycles. The molecule has 2 rings (SSSR count). The number of aromatic nitrogens is 3. The lowest BCUT2D eigenvalue weighted by Crippen LogP contribution is -1.98. The van der Waals surface area contributed by atoms with Gasteiger partial charge < -0.3 is 10.2 Å². The molecule has 14 heavy (non-hydrogen) atoms. The van der Waals surface area contributed by atoms with E-state index in [9.17, 15) is 9.90 Å². The van der Waals surface area contributed by atoms with Crippen LogP contribution in [0.25, 0.3) is 5.52 Å². The van der Waals surface area contributed by atoms with Gasteiger partial charge in [-0.15, -0.1) is 0 Å². The van der Waals surface area contributed by atoms with Crippen molar-refractivity contribution in [3.63, 3.8) is 0 Å². The molecule has 0 fully saturated rings. The Labute approximate surface area is 85.9 Å². The maximum Gasteiger partial charge on any atom is 0.338 e.